The fraction of sp³-hybridized carbons (Fsp3) is 0.500. The Hall–Kier alpha value is -1.02. The maximum absolute atomic E-state index is 6.27. The Balaban J connectivity index is 2.36. The molecule has 0 aliphatic carbocycles. The van der Waals surface area contributed by atoms with E-state index in [0.29, 0.717) is 0 Å². The standard InChI is InChI=1S/C14H19ClN2/c1-4-6-10-11(7-5-8-12(10)15)13-16-9-14(2,3)17-13/h5,7-8H,4,6,9H2,1-3H3,(H,16,17). The van der Waals surface area contributed by atoms with Gasteiger partial charge in [-0.1, -0.05) is 37.1 Å². The summed E-state index contributed by atoms with van der Waals surface area (Å²) in [5.41, 5.74) is 2.42. The molecule has 1 aromatic carbocycles. The number of hydrogen-bond acceptors (Lipinski definition) is 2. The molecule has 0 radical (unpaired) electrons. The topological polar surface area (TPSA) is 24.4 Å². The Bertz CT molecular complexity index is 450. The highest BCUT2D eigenvalue weighted by molar-refractivity contribution is 6.32. The molecule has 1 heterocycles. The highest BCUT2D eigenvalue weighted by atomic mass is 35.5. The van der Waals surface area contributed by atoms with Crippen LogP contribution in [-0.4, -0.2) is 17.9 Å². The Morgan fingerprint density at radius 1 is 1.41 bits per heavy atom. The van der Waals surface area contributed by atoms with Gasteiger partial charge in [0.1, 0.15) is 5.84 Å². The van der Waals surface area contributed by atoms with Gasteiger partial charge in [-0.3, -0.25) is 4.99 Å². The molecule has 2 nitrogen and oxygen atoms in total. The third-order valence-electron chi connectivity index (χ3n) is 2.96. The van der Waals surface area contributed by atoms with Crippen molar-refractivity contribution in [1.82, 2.24) is 5.32 Å². The molecule has 0 fully saturated rings. The number of benzene rings is 1. The molecule has 2 rings (SSSR count). The van der Waals surface area contributed by atoms with Crippen LogP contribution in [0.25, 0.3) is 0 Å². The van der Waals surface area contributed by atoms with Crippen molar-refractivity contribution in [2.45, 2.75) is 39.2 Å². The first-order chi connectivity index (χ1) is 8.03. The third kappa shape index (κ3) is 2.63. The summed E-state index contributed by atoms with van der Waals surface area (Å²) in [4.78, 5) is 4.59. The Morgan fingerprint density at radius 2 is 2.18 bits per heavy atom. The maximum atomic E-state index is 6.27. The number of amidine groups is 1. The molecule has 0 saturated carbocycles. The number of nitrogens with zero attached hydrogens (tertiary/aromatic N) is 1. The van der Waals surface area contributed by atoms with Crippen LogP contribution in [-0.2, 0) is 6.42 Å². The fourth-order valence-electron chi connectivity index (χ4n) is 2.11. The van der Waals surface area contributed by atoms with E-state index < -0.39 is 0 Å². The molecule has 0 saturated heterocycles. The average Bonchev–Trinajstić information content (AvgIpc) is 2.62. The molecular formula is C14H19ClN2. The summed E-state index contributed by atoms with van der Waals surface area (Å²) in [6.07, 6.45) is 2.09. The molecule has 0 atom stereocenters. The quantitative estimate of drug-likeness (QED) is 0.874. The van der Waals surface area contributed by atoms with Crippen molar-refractivity contribution < 1.29 is 0 Å². The van der Waals surface area contributed by atoms with Crippen LogP contribution >= 0.6 is 11.6 Å². The van der Waals surface area contributed by atoms with Crippen LogP contribution in [0.4, 0.5) is 0 Å². The van der Waals surface area contributed by atoms with E-state index in [0.717, 1.165) is 35.8 Å². The highest BCUT2D eigenvalue weighted by Gasteiger charge is 2.26. The Kier molecular flexibility index (Phi) is 3.43. The second-order valence-electron chi connectivity index (χ2n) is 5.19. The zero-order valence-electron chi connectivity index (χ0n) is 10.7. The summed E-state index contributed by atoms with van der Waals surface area (Å²) in [6.45, 7) is 7.31. The molecule has 1 aliphatic rings. The van der Waals surface area contributed by atoms with Crippen molar-refractivity contribution in [2.24, 2.45) is 4.99 Å². The lowest BCUT2D eigenvalue weighted by Crippen LogP contribution is -2.40. The fourth-order valence-corrected chi connectivity index (χ4v) is 2.38. The normalized spacial score (nSPS) is 17.8. The minimum atomic E-state index is 0.0567. The summed E-state index contributed by atoms with van der Waals surface area (Å²) in [6, 6.07) is 6.05. The van der Waals surface area contributed by atoms with Gasteiger partial charge in [0, 0.05) is 10.6 Å². The molecule has 3 heteroatoms. The van der Waals surface area contributed by atoms with Crippen molar-refractivity contribution in [3.63, 3.8) is 0 Å². The van der Waals surface area contributed by atoms with E-state index in [1.165, 1.54) is 5.56 Å². The molecule has 17 heavy (non-hydrogen) atoms. The number of halogens is 1. The molecule has 0 spiro atoms. The number of nitrogens with one attached hydrogen (secondary N) is 1. The van der Waals surface area contributed by atoms with Gasteiger partial charge in [-0.05, 0) is 31.9 Å². The van der Waals surface area contributed by atoms with Crippen molar-refractivity contribution >= 4 is 17.4 Å². The first-order valence-electron chi connectivity index (χ1n) is 6.14. The van der Waals surface area contributed by atoms with Gasteiger partial charge in [-0.15, -0.1) is 0 Å². The summed E-state index contributed by atoms with van der Waals surface area (Å²) in [7, 11) is 0. The molecule has 1 N–H and O–H groups in total. The summed E-state index contributed by atoms with van der Waals surface area (Å²) < 4.78 is 0. The molecule has 1 aromatic rings. The molecule has 92 valence electrons. The molecule has 1 aliphatic heterocycles. The van der Waals surface area contributed by atoms with E-state index in [9.17, 15) is 0 Å². The monoisotopic (exact) mass is 250 g/mol. The van der Waals surface area contributed by atoms with Crippen LogP contribution in [0.2, 0.25) is 5.02 Å². The molecule has 0 unspecified atom stereocenters. The van der Waals surface area contributed by atoms with E-state index >= 15 is 0 Å². The predicted molar refractivity (Wildman–Crippen MR) is 74.1 cm³/mol. The Morgan fingerprint density at radius 3 is 2.76 bits per heavy atom. The number of aliphatic imine (C=N–C) groups is 1. The van der Waals surface area contributed by atoms with E-state index in [-0.39, 0.29) is 5.54 Å². The van der Waals surface area contributed by atoms with E-state index in [1.807, 2.05) is 12.1 Å². The van der Waals surface area contributed by atoms with Gasteiger partial charge in [0.2, 0.25) is 0 Å². The van der Waals surface area contributed by atoms with Crippen LogP contribution in [0.1, 0.15) is 38.3 Å². The van der Waals surface area contributed by atoms with Crippen LogP contribution in [0.5, 0.6) is 0 Å². The first-order valence-corrected chi connectivity index (χ1v) is 6.52. The average molecular weight is 251 g/mol. The smallest absolute Gasteiger partial charge is 0.129 e. The number of hydrogen-bond donors (Lipinski definition) is 1. The molecular weight excluding hydrogens is 232 g/mol. The second kappa shape index (κ2) is 4.69. The van der Waals surface area contributed by atoms with E-state index in [4.69, 9.17) is 11.6 Å². The van der Waals surface area contributed by atoms with Crippen molar-refractivity contribution in [1.29, 1.82) is 0 Å². The number of rotatable bonds is 3. The third-order valence-corrected chi connectivity index (χ3v) is 3.32. The van der Waals surface area contributed by atoms with Gasteiger partial charge in [0.25, 0.3) is 0 Å². The van der Waals surface area contributed by atoms with Gasteiger partial charge in [0.05, 0.1) is 12.1 Å². The summed E-state index contributed by atoms with van der Waals surface area (Å²) >= 11 is 6.27. The van der Waals surface area contributed by atoms with Gasteiger partial charge in [-0.25, -0.2) is 0 Å². The largest absolute Gasteiger partial charge is 0.363 e. The van der Waals surface area contributed by atoms with Crippen molar-refractivity contribution in [3.8, 4) is 0 Å². The van der Waals surface area contributed by atoms with Crippen LogP contribution < -0.4 is 5.32 Å². The van der Waals surface area contributed by atoms with Gasteiger partial charge < -0.3 is 5.32 Å². The summed E-state index contributed by atoms with van der Waals surface area (Å²) in [5, 5.41) is 4.31. The van der Waals surface area contributed by atoms with Crippen LogP contribution in [0.15, 0.2) is 23.2 Å². The maximum Gasteiger partial charge on any atom is 0.129 e. The highest BCUT2D eigenvalue weighted by Crippen LogP contribution is 2.24. The SMILES string of the molecule is CCCc1c(Cl)cccc1C1=NCC(C)(C)N1. The lowest BCUT2D eigenvalue weighted by Gasteiger charge is -2.19. The minimum Gasteiger partial charge on any atom is -0.363 e. The van der Waals surface area contributed by atoms with Gasteiger partial charge in [-0.2, -0.15) is 0 Å². The van der Waals surface area contributed by atoms with E-state index in [1.54, 1.807) is 0 Å². The molecule has 0 aromatic heterocycles. The van der Waals surface area contributed by atoms with Gasteiger partial charge in [0.15, 0.2) is 0 Å². The van der Waals surface area contributed by atoms with Crippen molar-refractivity contribution in [3.05, 3.63) is 34.3 Å². The summed E-state index contributed by atoms with van der Waals surface area (Å²) in [5.74, 6) is 0.987. The van der Waals surface area contributed by atoms with Crippen LogP contribution in [0.3, 0.4) is 0 Å². The lowest BCUT2D eigenvalue weighted by molar-refractivity contribution is 0.506. The Labute approximate surface area is 108 Å². The molecule has 0 amide bonds. The van der Waals surface area contributed by atoms with Crippen LogP contribution in [0, 0.1) is 0 Å². The second-order valence-corrected chi connectivity index (χ2v) is 5.60. The predicted octanol–water partition coefficient (Wildman–Crippen LogP) is 3.42. The minimum absolute atomic E-state index is 0.0567. The van der Waals surface area contributed by atoms with Crippen molar-refractivity contribution in [2.75, 3.05) is 6.54 Å². The molecule has 0 bridgehead atoms. The van der Waals surface area contributed by atoms with E-state index in [2.05, 4.69) is 37.1 Å². The van der Waals surface area contributed by atoms with Gasteiger partial charge >= 0.3 is 0 Å². The zero-order chi connectivity index (χ0) is 12.5. The lowest BCUT2D eigenvalue weighted by atomic mass is 10.0. The zero-order valence-corrected chi connectivity index (χ0v) is 11.4. The first kappa shape index (κ1) is 12.4.